The minimum Gasteiger partial charge on any atom is -0.325 e. The highest BCUT2D eigenvalue weighted by molar-refractivity contribution is 7.90. The van der Waals surface area contributed by atoms with Gasteiger partial charge in [0.1, 0.15) is 9.84 Å². The zero-order chi connectivity index (χ0) is 15.9. The minimum atomic E-state index is -3.02. The molecule has 1 amide bonds. The molecule has 0 unspecified atom stereocenters. The topological polar surface area (TPSA) is 66.5 Å². The monoisotopic (exact) mass is 332 g/mol. The number of rotatable bonds is 8. The highest BCUT2D eigenvalue weighted by Crippen LogP contribution is 2.13. The van der Waals surface area contributed by atoms with Gasteiger partial charge < -0.3 is 5.32 Å². The van der Waals surface area contributed by atoms with Crippen molar-refractivity contribution in [2.24, 2.45) is 0 Å². The highest BCUT2D eigenvalue weighted by atomic mass is 35.5. The van der Waals surface area contributed by atoms with Crippen molar-refractivity contribution in [1.82, 2.24) is 4.90 Å². The van der Waals surface area contributed by atoms with Crippen LogP contribution in [-0.2, 0) is 14.6 Å². The van der Waals surface area contributed by atoms with Gasteiger partial charge in [-0.25, -0.2) is 8.42 Å². The highest BCUT2D eigenvalue weighted by Gasteiger charge is 2.13. The molecule has 1 aromatic rings. The molecule has 0 radical (unpaired) electrons. The molecule has 0 aliphatic heterocycles. The molecule has 0 bridgehead atoms. The molecule has 0 heterocycles. The molecule has 0 aromatic heterocycles. The van der Waals surface area contributed by atoms with Crippen molar-refractivity contribution in [2.45, 2.75) is 13.3 Å². The zero-order valence-electron chi connectivity index (χ0n) is 12.3. The minimum absolute atomic E-state index is 0.0568. The lowest BCUT2D eigenvalue weighted by Gasteiger charge is -2.20. The normalized spacial score (nSPS) is 11.6. The van der Waals surface area contributed by atoms with Gasteiger partial charge in [0.15, 0.2) is 0 Å². The van der Waals surface area contributed by atoms with E-state index in [1.165, 1.54) is 6.26 Å². The predicted octanol–water partition coefficient (Wildman–Crippen LogP) is 2.04. The summed E-state index contributed by atoms with van der Waals surface area (Å²) in [5, 5.41) is 3.37. The Kier molecular flexibility index (Phi) is 7.14. The van der Waals surface area contributed by atoms with E-state index in [-0.39, 0.29) is 18.2 Å². The van der Waals surface area contributed by atoms with Crippen LogP contribution in [0.15, 0.2) is 24.3 Å². The number of halogens is 1. The van der Waals surface area contributed by atoms with Crippen LogP contribution in [0.25, 0.3) is 0 Å². The number of anilines is 1. The number of hydrogen-bond donors (Lipinski definition) is 1. The molecular weight excluding hydrogens is 312 g/mol. The lowest BCUT2D eigenvalue weighted by atomic mass is 10.3. The van der Waals surface area contributed by atoms with Crippen molar-refractivity contribution in [3.63, 3.8) is 0 Å². The van der Waals surface area contributed by atoms with Gasteiger partial charge in [0.2, 0.25) is 5.91 Å². The number of amides is 1. The van der Waals surface area contributed by atoms with Gasteiger partial charge in [-0.1, -0.05) is 18.5 Å². The van der Waals surface area contributed by atoms with Gasteiger partial charge in [0.05, 0.1) is 12.3 Å². The average molecular weight is 333 g/mol. The van der Waals surface area contributed by atoms with E-state index >= 15 is 0 Å². The van der Waals surface area contributed by atoms with Crippen molar-refractivity contribution < 1.29 is 13.2 Å². The molecule has 0 atom stereocenters. The second kappa shape index (κ2) is 8.36. The third kappa shape index (κ3) is 8.04. The molecule has 0 fully saturated rings. The molecular formula is C14H21ClN2O3S. The standard InChI is InChI=1S/C14H21ClN2O3S/c1-3-8-17(9-10-21(2,19)20)11-14(18)16-13-6-4-12(15)5-7-13/h4-7H,3,8-11H2,1-2H3,(H,16,18). The van der Waals surface area contributed by atoms with Gasteiger partial charge in [-0.05, 0) is 37.2 Å². The Bertz CT molecular complexity index is 558. The maximum Gasteiger partial charge on any atom is 0.238 e. The number of hydrogen-bond acceptors (Lipinski definition) is 4. The third-order valence-electron chi connectivity index (χ3n) is 2.81. The van der Waals surface area contributed by atoms with Crippen LogP contribution in [-0.4, -0.2) is 50.9 Å². The molecule has 118 valence electrons. The number of nitrogens with zero attached hydrogens (tertiary/aromatic N) is 1. The van der Waals surface area contributed by atoms with E-state index < -0.39 is 9.84 Å². The van der Waals surface area contributed by atoms with Crippen molar-refractivity contribution in [3.05, 3.63) is 29.3 Å². The van der Waals surface area contributed by atoms with E-state index in [2.05, 4.69) is 5.32 Å². The largest absolute Gasteiger partial charge is 0.325 e. The molecule has 0 saturated heterocycles. The van der Waals surface area contributed by atoms with E-state index in [1.807, 2.05) is 11.8 Å². The average Bonchev–Trinajstić information content (AvgIpc) is 2.38. The molecule has 1 rings (SSSR count). The molecule has 1 N–H and O–H groups in total. The van der Waals surface area contributed by atoms with Crippen LogP contribution in [0.5, 0.6) is 0 Å². The van der Waals surface area contributed by atoms with Crippen molar-refractivity contribution >= 4 is 33.0 Å². The lowest BCUT2D eigenvalue weighted by Crippen LogP contribution is -2.36. The molecule has 1 aromatic carbocycles. The summed E-state index contributed by atoms with van der Waals surface area (Å²) in [4.78, 5) is 13.8. The first kappa shape index (κ1) is 17.9. The fourth-order valence-corrected chi connectivity index (χ4v) is 2.53. The quantitative estimate of drug-likeness (QED) is 0.791. The van der Waals surface area contributed by atoms with Crippen LogP contribution in [0, 0.1) is 0 Å². The van der Waals surface area contributed by atoms with Gasteiger partial charge in [-0.15, -0.1) is 0 Å². The van der Waals surface area contributed by atoms with Gasteiger partial charge >= 0.3 is 0 Å². The molecule has 0 saturated carbocycles. The Hall–Kier alpha value is -1.11. The maximum atomic E-state index is 12.0. The number of nitrogens with one attached hydrogen (secondary N) is 1. The molecule has 0 aliphatic rings. The van der Waals surface area contributed by atoms with Crippen molar-refractivity contribution in [3.8, 4) is 0 Å². The van der Waals surface area contributed by atoms with Crippen molar-refractivity contribution in [1.29, 1.82) is 0 Å². The van der Waals surface area contributed by atoms with Gasteiger partial charge in [-0.2, -0.15) is 0 Å². The molecule has 21 heavy (non-hydrogen) atoms. The maximum absolute atomic E-state index is 12.0. The first-order valence-electron chi connectivity index (χ1n) is 6.75. The Balaban J connectivity index is 2.53. The number of carbonyl (C=O) groups excluding carboxylic acids is 1. The first-order valence-corrected chi connectivity index (χ1v) is 9.19. The molecule has 7 heteroatoms. The fourth-order valence-electron chi connectivity index (χ4n) is 1.82. The van der Waals surface area contributed by atoms with E-state index in [4.69, 9.17) is 11.6 Å². The number of carbonyl (C=O) groups is 1. The van der Waals surface area contributed by atoms with E-state index in [9.17, 15) is 13.2 Å². The number of sulfone groups is 1. The van der Waals surface area contributed by atoms with Crippen LogP contribution >= 0.6 is 11.6 Å². The van der Waals surface area contributed by atoms with Gasteiger partial charge in [-0.3, -0.25) is 9.69 Å². The van der Waals surface area contributed by atoms with E-state index in [1.54, 1.807) is 24.3 Å². The van der Waals surface area contributed by atoms with Crippen molar-refractivity contribution in [2.75, 3.05) is 37.0 Å². The van der Waals surface area contributed by atoms with E-state index in [0.717, 1.165) is 6.42 Å². The summed E-state index contributed by atoms with van der Waals surface area (Å²) in [7, 11) is -3.02. The SMILES string of the molecule is CCCN(CCS(C)(=O)=O)CC(=O)Nc1ccc(Cl)cc1. The number of benzene rings is 1. The summed E-state index contributed by atoms with van der Waals surface area (Å²) < 4.78 is 22.4. The van der Waals surface area contributed by atoms with E-state index in [0.29, 0.717) is 23.8 Å². The predicted molar refractivity (Wildman–Crippen MR) is 86.5 cm³/mol. The van der Waals surface area contributed by atoms with Crippen LogP contribution in [0.2, 0.25) is 5.02 Å². The second-order valence-corrected chi connectivity index (χ2v) is 7.66. The zero-order valence-corrected chi connectivity index (χ0v) is 13.9. The Labute approximate surface area is 131 Å². The smallest absolute Gasteiger partial charge is 0.238 e. The Morgan fingerprint density at radius 2 is 1.86 bits per heavy atom. The Morgan fingerprint density at radius 1 is 1.24 bits per heavy atom. The summed E-state index contributed by atoms with van der Waals surface area (Å²) in [5.74, 6) is -0.111. The Morgan fingerprint density at radius 3 is 2.38 bits per heavy atom. The first-order chi connectivity index (χ1) is 9.80. The van der Waals surface area contributed by atoms with Crippen LogP contribution in [0.1, 0.15) is 13.3 Å². The van der Waals surface area contributed by atoms with Crippen LogP contribution in [0.3, 0.4) is 0 Å². The summed E-state index contributed by atoms with van der Waals surface area (Å²) in [6.07, 6.45) is 2.06. The lowest BCUT2D eigenvalue weighted by molar-refractivity contribution is -0.117. The summed E-state index contributed by atoms with van der Waals surface area (Å²) >= 11 is 5.78. The van der Waals surface area contributed by atoms with Gasteiger partial charge in [0, 0.05) is 23.5 Å². The molecule has 0 spiro atoms. The summed E-state index contributed by atoms with van der Waals surface area (Å²) in [6.45, 7) is 3.21. The second-order valence-electron chi connectivity index (χ2n) is 4.96. The summed E-state index contributed by atoms with van der Waals surface area (Å²) in [5.41, 5.74) is 0.670. The third-order valence-corrected chi connectivity index (χ3v) is 3.99. The summed E-state index contributed by atoms with van der Waals surface area (Å²) in [6, 6.07) is 6.84. The van der Waals surface area contributed by atoms with Crippen LogP contribution in [0.4, 0.5) is 5.69 Å². The molecule has 0 aliphatic carbocycles. The fraction of sp³-hybridized carbons (Fsp3) is 0.500. The van der Waals surface area contributed by atoms with Crippen LogP contribution < -0.4 is 5.32 Å². The molecule has 5 nitrogen and oxygen atoms in total. The van der Waals surface area contributed by atoms with Gasteiger partial charge in [0.25, 0.3) is 0 Å².